The van der Waals surface area contributed by atoms with Crippen LogP contribution in [0, 0.1) is 11.2 Å². The van der Waals surface area contributed by atoms with Crippen LogP contribution >= 0.6 is 0 Å². The van der Waals surface area contributed by atoms with E-state index in [1.807, 2.05) is 18.2 Å². The Hall–Kier alpha value is -2.23. The zero-order valence-corrected chi connectivity index (χ0v) is 12.1. The summed E-state index contributed by atoms with van der Waals surface area (Å²) >= 11 is 0. The zero-order chi connectivity index (χ0) is 15.0. The molecule has 1 aromatic carbocycles. The van der Waals surface area contributed by atoms with Crippen LogP contribution in [0.15, 0.2) is 42.6 Å². The molecule has 1 saturated heterocycles. The quantitative estimate of drug-likeness (QED) is 0.843. The fourth-order valence-electron chi connectivity index (χ4n) is 2.67. The molecule has 0 N–H and O–H groups in total. The van der Waals surface area contributed by atoms with Crippen LogP contribution in [0.4, 0.5) is 10.2 Å². The van der Waals surface area contributed by atoms with Crippen LogP contribution in [-0.2, 0) is 4.79 Å². The van der Waals surface area contributed by atoms with Crippen molar-refractivity contribution in [3.63, 3.8) is 0 Å². The topological polar surface area (TPSA) is 33.2 Å². The average molecular weight is 284 g/mol. The van der Waals surface area contributed by atoms with E-state index in [2.05, 4.69) is 18.8 Å². The van der Waals surface area contributed by atoms with Crippen LogP contribution in [0.1, 0.15) is 20.3 Å². The minimum absolute atomic E-state index is 0.0139. The van der Waals surface area contributed by atoms with Gasteiger partial charge in [0.05, 0.1) is 0 Å². The first-order chi connectivity index (χ1) is 9.94. The summed E-state index contributed by atoms with van der Waals surface area (Å²) in [7, 11) is 0. The number of rotatable bonds is 2. The number of aromatic nitrogens is 1. The lowest BCUT2D eigenvalue weighted by molar-refractivity contribution is -0.117. The first-order valence-corrected chi connectivity index (χ1v) is 6.97. The molecule has 21 heavy (non-hydrogen) atoms. The van der Waals surface area contributed by atoms with Gasteiger partial charge in [-0.25, -0.2) is 9.37 Å². The third-order valence-corrected chi connectivity index (χ3v) is 3.70. The lowest BCUT2D eigenvalue weighted by atomic mass is 9.93. The predicted molar refractivity (Wildman–Crippen MR) is 80.4 cm³/mol. The van der Waals surface area contributed by atoms with Crippen LogP contribution in [-0.4, -0.2) is 17.4 Å². The van der Waals surface area contributed by atoms with Gasteiger partial charge in [0.2, 0.25) is 5.91 Å². The molecule has 0 spiro atoms. The van der Waals surface area contributed by atoms with Crippen LogP contribution in [0.2, 0.25) is 0 Å². The van der Waals surface area contributed by atoms with Gasteiger partial charge in [0.1, 0.15) is 11.6 Å². The van der Waals surface area contributed by atoms with Gasteiger partial charge in [-0.05, 0) is 35.2 Å². The number of hydrogen-bond donors (Lipinski definition) is 0. The number of halogens is 1. The Morgan fingerprint density at radius 1 is 1.19 bits per heavy atom. The molecule has 1 fully saturated rings. The maximum absolute atomic E-state index is 13.2. The second kappa shape index (κ2) is 4.95. The van der Waals surface area contributed by atoms with Crippen molar-refractivity contribution in [2.75, 3.05) is 11.4 Å². The number of pyridine rings is 1. The van der Waals surface area contributed by atoms with E-state index in [0.717, 1.165) is 11.1 Å². The summed E-state index contributed by atoms with van der Waals surface area (Å²) in [6.45, 7) is 4.83. The summed E-state index contributed by atoms with van der Waals surface area (Å²) in [4.78, 5) is 18.1. The summed E-state index contributed by atoms with van der Waals surface area (Å²) in [6.07, 6.45) is 2.23. The van der Waals surface area contributed by atoms with Crippen LogP contribution in [0.3, 0.4) is 0 Å². The Bertz CT molecular complexity index is 679. The molecule has 3 rings (SSSR count). The number of amides is 1. The molecular weight excluding hydrogens is 267 g/mol. The molecule has 4 heteroatoms. The molecule has 0 unspecified atom stereocenters. The smallest absolute Gasteiger partial charge is 0.228 e. The Morgan fingerprint density at radius 2 is 2.00 bits per heavy atom. The number of carbonyl (C=O) groups excluding carboxylic acids is 1. The summed E-state index contributed by atoms with van der Waals surface area (Å²) in [5, 5.41) is 0. The van der Waals surface area contributed by atoms with Gasteiger partial charge in [-0.2, -0.15) is 0 Å². The maximum Gasteiger partial charge on any atom is 0.228 e. The largest absolute Gasteiger partial charge is 0.296 e. The second-order valence-electron chi connectivity index (χ2n) is 6.24. The molecule has 0 aliphatic carbocycles. The van der Waals surface area contributed by atoms with Gasteiger partial charge in [-0.1, -0.05) is 26.0 Å². The summed E-state index contributed by atoms with van der Waals surface area (Å²) < 4.78 is 13.2. The van der Waals surface area contributed by atoms with Crippen molar-refractivity contribution < 1.29 is 9.18 Å². The van der Waals surface area contributed by atoms with Gasteiger partial charge in [0.15, 0.2) is 0 Å². The molecule has 2 aromatic rings. The van der Waals surface area contributed by atoms with Crippen LogP contribution < -0.4 is 4.90 Å². The average Bonchev–Trinajstić information content (AvgIpc) is 2.72. The van der Waals surface area contributed by atoms with Gasteiger partial charge < -0.3 is 0 Å². The Balaban J connectivity index is 1.87. The molecule has 3 nitrogen and oxygen atoms in total. The molecule has 2 heterocycles. The van der Waals surface area contributed by atoms with Crippen molar-refractivity contribution in [2.45, 2.75) is 20.3 Å². The predicted octanol–water partition coefficient (Wildman–Crippen LogP) is 3.65. The monoisotopic (exact) mass is 284 g/mol. The SMILES string of the molecule is CC1(C)CC(=O)N(c2ccc(-c3cccc(F)c3)cn2)C1. The van der Waals surface area contributed by atoms with Crippen molar-refractivity contribution in [1.82, 2.24) is 4.98 Å². The molecule has 108 valence electrons. The normalized spacial score (nSPS) is 17.3. The van der Waals surface area contributed by atoms with Crippen molar-refractivity contribution >= 4 is 11.7 Å². The lowest BCUT2D eigenvalue weighted by Gasteiger charge is -2.18. The summed E-state index contributed by atoms with van der Waals surface area (Å²) in [5.74, 6) is 0.491. The minimum atomic E-state index is -0.270. The summed E-state index contributed by atoms with van der Waals surface area (Å²) in [6, 6.07) is 10.1. The van der Waals surface area contributed by atoms with Gasteiger partial charge in [-0.3, -0.25) is 9.69 Å². The van der Waals surface area contributed by atoms with Crippen LogP contribution in [0.25, 0.3) is 11.1 Å². The molecule has 0 saturated carbocycles. The van der Waals surface area contributed by atoms with E-state index in [1.165, 1.54) is 12.1 Å². The molecule has 0 radical (unpaired) electrons. The van der Waals surface area contributed by atoms with Gasteiger partial charge >= 0.3 is 0 Å². The Labute approximate surface area is 123 Å². The molecule has 1 aromatic heterocycles. The molecule has 1 aliphatic heterocycles. The maximum atomic E-state index is 13.2. The van der Waals surface area contributed by atoms with E-state index in [-0.39, 0.29) is 17.1 Å². The van der Waals surface area contributed by atoms with Crippen LogP contribution in [0.5, 0.6) is 0 Å². The van der Waals surface area contributed by atoms with Gasteiger partial charge in [0.25, 0.3) is 0 Å². The van der Waals surface area contributed by atoms with Crippen molar-refractivity contribution in [3.05, 3.63) is 48.4 Å². The molecule has 0 bridgehead atoms. The summed E-state index contributed by atoms with van der Waals surface area (Å²) in [5.41, 5.74) is 1.60. The fraction of sp³-hybridized carbons (Fsp3) is 0.294. The molecule has 0 atom stereocenters. The zero-order valence-electron chi connectivity index (χ0n) is 12.1. The second-order valence-corrected chi connectivity index (χ2v) is 6.24. The van der Waals surface area contributed by atoms with E-state index in [4.69, 9.17) is 0 Å². The molecular formula is C17H17FN2O. The third-order valence-electron chi connectivity index (χ3n) is 3.70. The number of benzene rings is 1. The van der Waals surface area contributed by atoms with E-state index in [0.29, 0.717) is 18.8 Å². The highest BCUT2D eigenvalue weighted by Crippen LogP contribution is 2.33. The van der Waals surface area contributed by atoms with Crippen molar-refractivity contribution in [3.8, 4) is 11.1 Å². The van der Waals surface area contributed by atoms with E-state index >= 15 is 0 Å². The first-order valence-electron chi connectivity index (χ1n) is 6.97. The highest BCUT2D eigenvalue weighted by atomic mass is 19.1. The fourth-order valence-corrected chi connectivity index (χ4v) is 2.67. The Morgan fingerprint density at radius 3 is 2.57 bits per heavy atom. The third kappa shape index (κ3) is 2.79. The van der Waals surface area contributed by atoms with Crippen molar-refractivity contribution in [2.24, 2.45) is 5.41 Å². The van der Waals surface area contributed by atoms with Gasteiger partial charge in [0, 0.05) is 24.7 Å². The number of carbonyl (C=O) groups is 1. The standard InChI is InChI=1S/C17H17FN2O/c1-17(2)9-16(21)20(11-17)15-7-6-13(10-19-15)12-4-3-5-14(18)8-12/h3-8,10H,9,11H2,1-2H3. The van der Waals surface area contributed by atoms with E-state index in [1.54, 1.807) is 17.2 Å². The molecule has 1 amide bonds. The van der Waals surface area contributed by atoms with Crippen molar-refractivity contribution in [1.29, 1.82) is 0 Å². The van der Waals surface area contributed by atoms with E-state index in [9.17, 15) is 9.18 Å². The van der Waals surface area contributed by atoms with E-state index < -0.39 is 0 Å². The molecule has 1 aliphatic rings. The number of hydrogen-bond acceptors (Lipinski definition) is 2. The highest BCUT2D eigenvalue weighted by molar-refractivity contribution is 5.95. The van der Waals surface area contributed by atoms with Gasteiger partial charge in [-0.15, -0.1) is 0 Å². The lowest BCUT2D eigenvalue weighted by Crippen LogP contribution is -2.26. The Kier molecular flexibility index (Phi) is 3.24. The number of anilines is 1. The number of nitrogens with zero attached hydrogens (tertiary/aromatic N) is 2. The first kappa shape index (κ1) is 13.7. The minimum Gasteiger partial charge on any atom is -0.296 e. The highest BCUT2D eigenvalue weighted by Gasteiger charge is 2.36.